The van der Waals surface area contributed by atoms with E-state index in [4.69, 9.17) is 23.2 Å². The summed E-state index contributed by atoms with van der Waals surface area (Å²) < 4.78 is 0. The number of aliphatic hydroxyl groups excluding tert-OH is 1. The zero-order valence-corrected chi connectivity index (χ0v) is 16.7. The molecular weight excluding hydrogens is 397 g/mol. The van der Waals surface area contributed by atoms with E-state index in [0.717, 1.165) is 34.6 Å². The van der Waals surface area contributed by atoms with Crippen LogP contribution in [0.15, 0.2) is 42.5 Å². The summed E-state index contributed by atoms with van der Waals surface area (Å²) in [5.41, 5.74) is 4.06. The number of benzene rings is 2. The maximum Gasteiger partial charge on any atom is 0.241 e. The average molecular weight is 418 g/mol. The van der Waals surface area contributed by atoms with E-state index in [9.17, 15) is 9.90 Å². The van der Waals surface area contributed by atoms with Crippen molar-refractivity contribution in [1.82, 2.24) is 9.88 Å². The Balaban J connectivity index is 1.55. The number of carbonyl (C=O) groups excluding carboxylic acids is 1. The minimum atomic E-state index is -0.424. The number of anilines is 1. The van der Waals surface area contributed by atoms with E-state index in [1.807, 2.05) is 18.2 Å². The normalized spacial score (nSPS) is 15.4. The number of nitrogens with one attached hydrogen (secondary N) is 2. The molecule has 2 heterocycles. The number of aromatic amines is 1. The van der Waals surface area contributed by atoms with Gasteiger partial charge in [-0.3, -0.25) is 9.69 Å². The summed E-state index contributed by atoms with van der Waals surface area (Å²) in [6, 6.07) is 12.5. The van der Waals surface area contributed by atoms with Crippen molar-refractivity contribution in [2.75, 3.05) is 18.5 Å². The lowest BCUT2D eigenvalue weighted by Crippen LogP contribution is -2.46. The van der Waals surface area contributed by atoms with Crippen LogP contribution < -0.4 is 5.32 Å². The second-order valence-corrected chi connectivity index (χ2v) is 7.89. The Morgan fingerprint density at radius 2 is 2.04 bits per heavy atom. The Bertz CT molecular complexity index is 1020. The second kappa shape index (κ2) is 8.13. The van der Waals surface area contributed by atoms with Gasteiger partial charge in [0.05, 0.1) is 6.04 Å². The van der Waals surface area contributed by atoms with Crippen molar-refractivity contribution in [3.8, 4) is 0 Å². The van der Waals surface area contributed by atoms with E-state index in [1.165, 1.54) is 5.56 Å². The summed E-state index contributed by atoms with van der Waals surface area (Å²) in [5, 5.41) is 14.9. The number of rotatable bonds is 5. The van der Waals surface area contributed by atoms with Crippen LogP contribution >= 0.6 is 23.2 Å². The molecule has 1 amide bonds. The zero-order chi connectivity index (χ0) is 19.7. The van der Waals surface area contributed by atoms with Gasteiger partial charge < -0.3 is 15.4 Å². The highest BCUT2D eigenvalue weighted by molar-refractivity contribution is 6.31. The number of hydrogen-bond donors (Lipinski definition) is 3. The Kier molecular flexibility index (Phi) is 5.60. The number of aliphatic hydroxyl groups is 1. The quantitative estimate of drug-likeness (QED) is 0.581. The minimum absolute atomic E-state index is 0.0563. The maximum absolute atomic E-state index is 12.9. The highest BCUT2D eigenvalue weighted by atomic mass is 35.5. The molecule has 2 aromatic carbocycles. The van der Waals surface area contributed by atoms with Gasteiger partial charge in [-0.15, -0.1) is 0 Å². The molecule has 146 valence electrons. The number of carbonyl (C=O) groups is 1. The highest BCUT2D eigenvalue weighted by Gasteiger charge is 2.30. The van der Waals surface area contributed by atoms with Gasteiger partial charge >= 0.3 is 0 Å². The van der Waals surface area contributed by atoms with Gasteiger partial charge in [0.2, 0.25) is 5.91 Å². The van der Waals surface area contributed by atoms with E-state index in [-0.39, 0.29) is 12.5 Å². The fourth-order valence-electron chi connectivity index (χ4n) is 3.89. The molecule has 1 aromatic heterocycles. The first-order valence-corrected chi connectivity index (χ1v) is 10.0. The summed E-state index contributed by atoms with van der Waals surface area (Å²) in [6.07, 6.45) is 1.19. The summed E-state index contributed by atoms with van der Waals surface area (Å²) in [5.74, 6) is -0.140. The van der Waals surface area contributed by atoms with Crippen LogP contribution in [0.3, 0.4) is 0 Å². The number of fused-ring (bicyclic) bond motifs is 3. The van der Waals surface area contributed by atoms with E-state index in [1.54, 1.807) is 24.3 Å². The first-order chi connectivity index (χ1) is 13.5. The zero-order valence-electron chi connectivity index (χ0n) is 15.2. The third-order valence-electron chi connectivity index (χ3n) is 5.20. The van der Waals surface area contributed by atoms with E-state index in [0.29, 0.717) is 23.7 Å². The molecule has 0 saturated heterocycles. The summed E-state index contributed by atoms with van der Waals surface area (Å²) in [7, 11) is 0. The molecule has 5 nitrogen and oxygen atoms in total. The van der Waals surface area contributed by atoms with Crippen molar-refractivity contribution < 1.29 is 9.90 Å². The molecule has 28 heavy (non-hydrogen) atoms. The van der Waals surface area contributed by atoms with Gasteiger partial charge in [0, 0.05) is 52.0 Å². The number of nitrogens with zero attached hydrogens (tertiary/aromatic N) is 1. The Hall–Kier alpha value is -2.05. The smallest absolute Gasteiger partial charge is 0.241 e. The predicted octanol–water partition coefficient (Wildman–Crippen LogP) is 4.22. The molecule has 4 rings (SSSR count). The molecule has 1 unspecified atom stereocenters. The number of H-pyrrole nitrogens is 1. The fourth-order valence-corrected chi connectivity index (χ4v) is 4.26. The van der Waals surface area contributed by atoms with Crippen LogP contribution in [0.25, 0.3) is 10.9 Å². The van der Waals surface area contributed by atoms with Gasteiger partial charge in [-0.25, -0.2) is 0 Å². The van der Waals surface area contributed by atoms with E-state index in [2.05, 4.69) is 15.2 Å². The first-order valence-electron chi connectivity index (χ1n) is 9.25. The Labute approximate surface area is 173 Å². The van der Waals surface area contributed by atoms with Crippen LogP contribution in [0.2, 0.25) is 10.0 Å². The molecule has 3 aromatic rings. The number of hydrogen-bond acceptors (Lipinski definition) is 3. The van der Waals surface area contributed by atoms with Crippen molar-refractivity contribution in [1.29, 1.82) is 0 Å². The van der Waals surface area contributed by atoms with E-state index < -0.39 is 6.04 Å². The number of amides is 1. The molecule has 0 saturated carbocycles. The van der Waals surface area contributed by atoms with Gasteiger partial charge in [0.15, 0.2) is 0 Å². The van der Waals surface area contributed by atoms with Crippen molar-refractivity contribution >= 4 is 45.7 Å². The molecule has 0 spiro atoms. The molecule has 0 fully saturated rings. The molecule has 0 bridgehead atoms. The molecule has 7 heteroatoms. The maximum atomic E-state index is 12.9. The fraction of sp³-hybridized carbons (Fsp3) is 0.286. The summed E-state index contributed by atoms with van der Waals surface area (Å²) >= 11 is 12.2. The monoisotopic (exact) mass is 417 g/mol. The van der Waals surface area contributed by atoms with Crippen LogP contribution in [0.1, 0.15) is 17.7 Å². The lowest BCUT2D eigenvalue weighted by atomic mass is 10.0. The van der Waals surface area contributed by atoms with Crippen molar-refractivity contribution in [2.45, 2.75) is 25.4 Å². The lowest BCUT2D eigenvalue weighted by molar-refractivity contribution is -0.122. The average Bonchev–Trinajstić information content (AvgIpc) is 3.03. The molecule has 0 aliphatic carbocycles. The van der Waals surface area contributed by atoms with Gasteiger partial charge in [-0.05, 0) is 54.8 Å². The second-order valence-electron chi connectivity index (χ2n) is 7.02. The third-order valence-corrected chi connectivity index (χ3v) is 5.68. The largest absolute Gasteiger partial charge is 0.396 e. The SMILES string of the molecule is O=C(Nc1cccc(Cl)c1)C(CCO)N1CCc2c([nH]c3ccc(Cl)cc23)C1. The van der Waals surface area contributed by atoms with Crippen molar-refractivity contribution in [3.05, 3.63) is 63.8 Å². The van der Waals surface area contributed by atoms with Gasteiger partial charge in [0.1, 0.15) is 0 Å². The van der Waals surface area contributed by atoms with Crippen LogP contribution in [-0.4, -0.2) is 40.1 Å². The minimum Gasteiger partial charge on any atom is -0.396 e. The molecule has 1 aliphatic heterocycles. The van der Waals surface area contributed by atoms with Gasteiger partial charge in [0.25, 0.3) is 0 Å². The molecular formula is C21H21Cl2N3O2. The van der Waals surface area contributed by atoms with Gasteiger partial charge in [-0.2, -0.15) is 0 Å². The number of halogens is 2. The Morgan fingerprint density at radius 3 is 2.82 bits per heavy atom. The number of aromatic nitrogens is 1. The molecule has 1 aliphatic rings. The van der Waals surface area contributed by atoms with Crippen LogP contribution in [0.5, 0.6) is 0 Å². The van der Waals surface area contributed by atoms with Crippen LogP contribution in [0.4, 0.5) is 5.69 Å². The summed E-state index contributed by atoms with van der Waals surface area (Å²) in [6.45, 7) is 1.30. The lowest BCUT2D eigenvalue weighted by Gasteiger charge is -2.33. The van der Waals surface area contributed by atoms with Crippen molar-refractivity contribution in [3.63, 3.8) is 0 Å². The first kappa shape index (κ1) is 19.3. The standard InChI is InChI=1S/C21H21Cl2N3O2/c22-13-2-1-3-15(10-13)24-21(28)20(7-9-27)26-8-6-16-17-11-14(23)4-5-18(17)25-19(16)12-26/h1-5,10-11,20,25,27H,6-9,12H2,(H,24,28). The summed E-state index contributed by atoms with van der Waals surface area (Å²) in [4.78, 5) is 18.5. The predicted molar refractivity (Wildman–Crippen MR) is 113 cm³/mol. The van der Waals surface area contributed by atoms with E-state index >= 15 is 0 Å². The van der Waals surface area contributed by atoms with Gasteiger partial charge in [-0.1, -0.05) is 29.3 Å². The molecule has 1 atom stereocenters. The van der Waals surface area contributed by atoms with Crippen LogP contribution in [-0.2, 0) is 17.8 Å². The highest BCUT2D eigenvalue weighted by Crippen LogP contribution is 2.30. The van der Waals surface area contributed by atoms with Crippen molar-refractivity contribution in [2.24, 2.45) is 0 Å². The van der Waals surface area contributed by atoms with Crippen LogP contribution in [0, 0.1) is 0 Å². The topological polar surface area (TPSA) is 68.4 Å². The molecule has 3 N–H and O–H groups in total. The third kappa shape index (κ3) is 3.89. The molecule has 0 radical (unpaired) electrons. The Morgan fingerprint density at radius 1 is 1.21 bits per heavy atom.